The fourth-order valence-electron chi connectivity index (χ4n) is 2.56. The maximum Gasteiger partial charge on any atom is 0.270 e. The summed E-state index contributed by atoms with van der Waals surface area (Å²) < 4.78 is 0. The lowest BCUT2D eigenvalue weighted by Crippen LogP contribution is -2.33. The van der Waals surface area contributed by atoms with E-state index in [0.29, 0.717) is 11.6 Å². The standard InChI is InChI=1S/C13H18N4O3/c1-8-2-3-9(6-8)15-13(18)11-7-10(17(19)20)4-5-12(11)16-14/h4-5,7-9,16H,2-3,6,14H2,1H3,(H,15,18). The van der Waals surface area contributed by atoms with Gasteiger partial charge in [-0.3, -0.25) is 20.8 Å². The Labute approximate surface area is 116 Å². The molecule has 1 aromatic rings. The summed E-state index contributed by atoms with van der Waals surface area (Å²) in [5, 5.41) is 13.7. The number of hydrazine groups is 1. The van der Waals surface area contributed by atoms with Crippen molar-refractivity contribution in [3.63, 3.8) is 0 Å². The number of nitrogen functional groups attached to an aromatic ring is 1. The summed E-state index contributed by atoms with van der Waals surface area (Å²) in [6.45, 7) is 2.15. The second-order valence-corrected chi connectivity index (χ2v) is 5.22. The number of anilines is 1. The first-order chi connectivity index (χ1) is 9.51. The van der Waals surface area contributed by atoms with Crippen LogP contribution in [0, 0.1) is 16.0 Å². The molecule has 1 fully saturated rings. The third-order valence-electron chi connectivity index (χ3n) is 3.64. The highest BCUT2D eigenvalue weighted by Crippen LogP contribution is 2.26. The van der Waals surface area contributed by atoms with Gasteiger partial charge in [-0.05, 0) is 31.2 Å². The Morgan fingerprint density at radius 3 is 2.75 bits per heavy atom. The van der Waals surface area contributed by atoms with Crippen LogP contribution in [0.5, 0.6) is 0 Å². The molecular formula is C13H18N4O3. The van der Waals surface area contributed by atoms with Crippen molar-refractivity contribution in [2.45, 2.75) is 32.2 Å². The van der Waals surface area contributed by atoms with Crippen molar-refractivity contribution in [1.29, 1.82) is 0 Å². The quantitative estimate of drug-likeness (QED) is 0.442. The molecule has 0 spiro atoms. The number of hydrogen-bond acceptors (Lipinski definition) is 5. The molecule has 0 saturated heterocycles. The van der Waals surface area contributed by atoms with E-state index in [1.807, 2.05) is 0 Å². The normalized spacial score (nSPS) is 21.5. The van der Waals surface area contributed by atoms with Crippen molar-refractivity contribution in [1.82, 2.24) is 5.32 Å². The summed E-state index contributed by atoms with van der Waals surface area (Å²) in [6.07, 6.45) is 2.96. The third kappa shape index (κ3) is 3.05. The average Bonchev–Trinajstić information content (AvgIpc) is 2.83. The Bertz CT molecular complexity index is 532. The Kier molecular flexibility index (Phi) is 4.19. The van der Waals surface area contributed by atoms with Crippen molar-refractivity contribution < 1.29 is 9.72 Å². The third-order valence-corrected chi connectivity index (χ3v) is 3.64. The highest BCUT2D eigenvalue weighted by atomic mass is 16.6. The van der Waals surface area contributed by atoms with Gasteiger partial charge >= 0.3 is 0 Å². The minimum atomic E-state index is -0.533. The van der Waals surface area contributed by atoms with Crippen molar-refractivity contribution in [3.05, 3.63) is 33.9 Å². The molecule has 2 atom stereocenters. The van der Waals surface area contributed by atoms with Crippen LogP contribution in [0.4, 0.5) is 11.4 Å². The number of nitrogens with one attached hydrogen (secondary N) is 2. The second kappa shape index (κ2) is 5.87. The molecule has 0 radical (unpaired) electrons. The van der Waals surface area contributed by atoms with E-state index in [1.165, 1.54) is 18.2 Å². The molecule has 0 aromatic heterocycles. The Morgan fingerprint density at radius 1 is 1.45 bits per heavy atom. The zero-order valence-corrected chi connectivity index (χ0v) is 11.3. The summed E-state index contributed by atoms with van der Waals surface area (Å²) in [6, 6.07) is 4.11. The maximum atomic E-state index is 12.2. The summed E-state index contributed by atoms with van der Waals surface area (Å²) in [5.41, 5.74) is 2.83. The lowest BCUT2D eigenvalue weighted by atomic mass is 10.1. The van der Waals surface area contributed by atoms with Gasteiger partial charge in [-0.25, -0.2) is 0 Å². The molecule has 108 valence electrons. The number of nitro groups is 1. The van der Waals surface area contributed by atoms with Crippen LogP contribution in [0.1, 0.15) is 36.5 Å². The molecule has 0 bridgehead atoms. The monoisotopic (exact) mass is 278 g/mol. The summed E-state index contributed by atoms with van der Waals surface area (Å²) in [5.74, 6) is 5.61. The molecule has 0 aliphatic heterocycles. The predicted octanol–water partition coefficient (Wildman–Crippen LogP) is 1.80. The number of nitrogens with two attached hydrogens (primary N) is 1. The van der Waals surface area contributed by atoms with Crippen LogP contribution in [0.3, 0.4) is 0 Å². The Morgan fingerprint density at radius 2 is 2.20 bits per heavy atom. The van der Waals surface area contributed by atoms with Crippen LogP contribution in [0.15, 0.2) is 18.2 Å². The summed E-state index contributed by atoms with van der Waals surface area (Å²) >= 11 is 0. The van der Waals surface area contributed by atoms with Crippen molar-refractivity contribution in [2.24, 2.45) is 11.8 Å². The van der Waals surface area contributed by atoms with Gasteiger partial charge in [-0.1, -0.05) is 6.92 Å². The van der Waals surface area contributed by atoms with E-state index < -0.39 is 4.92 Å². The van der Waals surface area contributed by atoms with Gasteiger partial charge in [0.1, 0.15) is 0 Å². The van der Waals surface area contributed by atoms with Gasteiger partial charge in [0.2, 0.25) is 0 Å². The van der Waals surface area contributed by atoms with E-state index in [4.69, 9.17) is 5.84 Å². The number of nitro benzene ring substituents is 1. The number of nitrogens with zero attached hydrogens (tertiary/aromatic N) is 1. The molecule has 0 heterocycles. The van der Waals surface area contributed by atoms with E-state index >= 15 is 0 Å². The first-order valence-corrected chi connectivity index (χ1v) is 6.57. The minimum absolute atomic E-state index is 0.127. The SMILES string of the molecule is CC1CCC(NC(=O)c2cc([N+](=O)[O-])ccc2NN)C1. The van der Waals surface area contributed by atoms with E-state index in [1.54, 1.807) is 0 Å². The molecule has 20 heavy (non-hydrogen) atoms. The largest absolute Gasteiger partial charge is 0.349 e. The van der Waals surface area contributed by atoms with Crippen LogP contribution >= 0.6 is 0 Å². The number of rotatable bonds is 4. The zero-order chi connectivity index (χ0) is 14.7. The van der Waals surface area contributed by atoms with Crippen LogP contribution in [0.2, 0.25) is 0 Å². The van der Waals surface area contributed by atoms with Crippen molar-refractivity contribution in [2.75, 3.05) is 5.43 Å². The lowest BCUT2D eigenvalue weighted by Gasteiger charge is -2.14. The van der Waals surface area contributed by atoms with Gasteiger partial charge in [0.25, 0.3) is 11.6 Å². The molecule has 2 unspecified atom stereocenters. The highest BCUT2D eigenvalue weighted by molar-refractivity contribution is 6.00. The zero-order valence-electron chi connectivity index (χ0n) is 11.3. The Hall–Kier alpha value is -2.15. The number of carbonyl (C=O) groups excluding carboxylic acids is 1. The first kappa shape index (κ1) is 14.3. The van der Waals surface area contributed by atoms with Gasteiger partial charge in [-0.2, -0.15) is 0 Å². The van der Waals surface area contributed by atoms with E-state index in [-0.39, 0.29) is 23.2 Å². The molecule has 2 rings (SSSR count). The number of hydrogen-bond donors (Lipinski definition) is 3. The van der Waals surface area contributed by atoms with E-state index in [0.717, 1.165) is 19.3 Å². The molecule has 1 amide bonds. The number of carbonyl (C=O) groups is 1. The molecular weight excluding hydrogens is 260 g/mol. The van der Waals surface area contributed by atoms with E-state index in [9.17, 15) is 14.9 Å². The second-order valence-electron chi connectivity index (χ2n) is 5.22. The smallest absolute Gasteiger partial charge is 0.270 e. The van der Waals surface area contributed by atoms with Crippen LogP contribution in [0.25, 0.3) is 0 Å². The fraction of sp³-hybridized carbons (Fsp3) is 0.462. The van der Waals surface area contributed by atoms with E-state index in [2.05, 4.69) is 17.7 Å². The molecule has 7 heteroatoms. The highest BCUT2D eigenvalue weighted by Gasteiger charge is 2.24. The predicted molar refractivity (Wildman–Crippen MR) is 75.2 cm³/mol. The fourth-order valence-corrected chi connectivity index (χ4v) is 2.56. The molecule has 1 aliphatic carbocycles. The van der Waals surface area contributed by atoms with Crippen molar-refractivity contribution >= 4 is 17.3 Å². The van der Waals surface area contributed by atoms with Crippen molar-refractivity contribution in [3.8, 4) is 0 Å². The van der Waals surface area contributed by atoms with Crippen LogP contribution in [-0.4, -0.2) is 16.9 Å². The number of amides is 1. The van der Waals surface area contributed by atoms with Gasteiger partial charge in [0.05, 0.1) is 16.2 Å². The molecule has 4 N–H and O–H groups in total. The lowest BCUT2D eigenvalue weighted by molar-refractivity contribution is -0.384. The van der Waals surface area contributed by atoms with Gasteiger partial charge in [-0.15, -0.1) is 0 Å². The summed E-state index contributed by atoms with van der Waals surface area (Å²) in [7, 11) is 0. The minimum Gasteiger partial charge on any atom is -0.349 e. The average molecular weight is 278 g/mol. The van der Waals surface area contributed by atoms with Crippen LogP contribution in [-0.2, 0) is 0 Å². The number of benzene rings is 1. The summed E-state index contributed by atoms with van der Waals surface area (Å²) in [4.78, 5) is 22.5. The van der Waals surface area contributed by atoms with Gasteiger partial charge in [0.15, 0.2) is 0 Å². The van der Waals surface area contributed by atoms with Gasteiger partial charge < -0.3 is 10.7 Å². The topological polar surface area (TPSA) is 110 Å². The first-order valence-electron chi connectivity index (χ1n) is 6.57. The molecule has 7 nitrogen and oxygen atoms in total. The number of non-ortho nitro benzene ring substituents is 1. The van der Waals surface area contributed by atoms with Crippen LogP contribution < -0.4 is 16.6 Å². The Balaban J connectivity index is 2.19. The molecule has 1 saturated carbocycles. The van der Waals surface area contributed by atoms with Gasteiger partial charge in [0, 0.05) is 18.2 Å². The maximum absolute atomic E-state index is 12.2. The molecule has 1 aliphatic rings. The molecule has 1 aromatic carbocycles.